The molecule has 0 heterocycles. The molecule has 4 heteroatoms. The molecule has 0 bridgehead atoms. The van der Waals surface area contributed by atoms with E-state index in [-0.39, 0.29) is 17.4 Å². The second-order valence-electron chi connectivity index (χ2n) is 4.11. The Balaban J connectivity index is 2.29. The van der Waals surface area contributed by atoms with Crippen molar-refractivity contribution in [2.75, 3.05) is 11.4 Å². The average Bonchev–Trinajstić information content (AvgIpc) is 2.42. The van der Waals surface area contributed by atoms with Crippen LogP contribution in [-0.2, 0) is 0 Å². The van der Waals surface area contributed by atoms with Crippen LogP contribution < -0.4 is 4.90 Å². The molecule has 0 saturated carbocycles. The molecule has 0 aliphatic rings. The van der Waals surface area contributed by atoms with Crippen LogP contribution in [-0.4, -0.2) is 22.7 Å². The van der Waals surface area contributed by atoms with Crippen molar-refractivity contribution < 1.29 is 15.0 Å². The molecular formula is C15H15NO3. The van der Waals surface area contributed by atoms with E-state index in [0.717, 1.165) is 5.69 Å². The molecule has 19 heavy (non-hydrogen) atoms. The second kappa shape index (κ2) is 5.44. The van der Waals surface area contributed by atoms with Gasteiger partial charge in [-0.3, -0.25) is 4.79 Å². The molecule has 0 fully saturated rings. The van der Waals surface area contributed by atoms with E-state index in [0.29, 0.717) is 12.1 Å². The Kier molecular flexibility index (Phi) is 3.71. The quantitative estimate of drug-likeness (QED) is 0.888. The van der Waals surface area contributed by atoms with Crippen molar-refractivity contribution >= 4 is 11.6 Å². The van der Waals surface area contributed by atoms with Crippen LogP contribution in [0.5, 0.6) is 11.5 Å². The number of phenolic OH excluding ortho intramolecular Hbond substituents is 2. The summed E-state index contributed by atoms with van der Waals surface area (Å²) in [7, 11) is 0. The molecule has 2 rings (SSSR count). The van der Waals surface area contributed by atoms with Gasteiger partial charge in [-0.15, -0.1) is 0 Å². The van der Waals surface area contributed by atoms with E-state index in [9.17, 15) is 15.0 Å². The van der Waals surface area contributed by atoms with Gasteiger partial charge in [0.2, 0.25) is 0 Å². The molecule has 2 N–H and O–H groups in total. The van der Waals surface area contributed by atoms with Crippen LogP contribution in [0, 0.1) is 0 Å². The average molecular weight is 257 g/mol. The summed E-state index contributed by atoms with van der Waals surface area (Å²) in [5.41, 5.74) is 1.23. The van der Waals surface area contributed by atoms with Gasteiger partial charge in [0.05, 0.1) is 0 Å². The molecule has 0 aromatic heterocycles. The molecule has 1 amide bonds. The van der Waals surface area contributed by atoms with Gasteiger partial charge in [-0.05, 0) is 55.5 Å². The van der Waals surface area contributed by atoms with Gasteiger partial charge in [0.15, 0.2) is 0 Å². The maximum absolute atomic E-state index is 12.4. The fourth-order valence-corrected chi connectivity index (χ4v) is 1.84. The summed E-state index contributed by atoms with van der Waals surface area (Å²) in [6, 6.07) is 12.6. The van der Waals surface area contributed by atoms with Gasteiger partial charge in [0.1, 0.15) is 11.5 Å². The Bertz CT molecular complexity index is 561. The molecular weight excluding hydrogens is 242 g/mol. The fourth-order valence-electron chi connectivity index (χ4n) is 1.84. The number of carbonyl (C=O) groups is 1. The van der Waals surface area contributed by atoms with Crippen molar-refractivity contribution in [3.63, 3.8) is 0 Å². The summed E-state index contributed by atoms with van der Waals surface area (Å²) >= 11 is 0. The molecule has 2 aromatic carbocycles. The first-order valence-electron chi connectivity index (χ1n) is 6.01. The fraction of sp³-hybridized carbons (Fsp3) is 0.133. The van der Waals surface area contributed by atoms with E-state index in [1.54, 1.807) is 41.3 Å². The molecule has 0 saturated heterocycles. The second-order valence-corrected chi connectivity index (χ2v) is 4.11. The zero-order valence-corrected chi connectivity index (χ0v) is 10.6. The van der Waals surface area contributed by atoms with Crippen molar-refractivity contribution in [1.82, 2.24) is 0 Å². The zero-order valence-electron chi connectivity index (χ0n) is 10.6. The van der Waals surface area contributed by atoms with Gasteiger partial charge in [-0.1, -0.05) is 0 Å². The summed E-state index contributed by atoms with van der Waals surface area (Å²) in [6.07, 6.45) is 0. The maximum Gasteiger partial charge on any atom is 0.258 e. The Morgan fingerprint density at radius 1 is 0.947 bits per heavy atom. The lowest BCUT2D eigenvalue weighted by Gasteiger charge is -2.21. The smallest absolute Gasteiger partial charge is 0.258 e. The first kappa shape index (κ1) is 13.0. The number of benzene rings is 2. The minimum Gasteiger partial charge on any atom is -0.508 e. The van der Waals surface area contributed by atoms with Crippen LogP contribution in [0.2, 0.25) is 0 Å². The molecule has 0 atom stereocenters. The number of carbonyl (C=O) groups excluding carboxylic acids is 1. The van der Waals surface area contributed by atoms with E-state index >= 15 is 0 Å². The summed E-state index contributed by atoms with van der Waals surface area (Å²) in [5, 5.41) is 18.5. The topological polar surface area (TPSA) is 60.8 Å². The first-order valence-corrected chi connectivity index (χ1v) is 6.01. The van der Waals surface area contributed by atoms with Gasteiger partial charge in [0.25, 0.3) is 5.91 Å². The predicted octanol–water partition coefficient (Wildman–Crippen LogP) is 2.76. The molecule has 0 aliphatic carbocycles. The number of phenols is 2. The Hall–Kier alpha value is -2.49. The van der Waals surface area contributed by atoms with Crippen molar-refractivity contribution in [2.24, 2.45) is 0 Å². The highest BCUT2D eigenvalue weighted by Gasteiger charge is 2.15. The number of amides is 1. The summed E-state index contributed by atoms with van der Waals surface area (Å²) < 4.78 is 0. The van der Waals surface area contributed by atoms with Crippen molar-refractivity contribution in [1.29, 1.82) is 0 Å². The van der Waals surface area contributed by atoms with Crippen LogP contribution in [0.4, 0.5) is 5.69 Å². The molecule has 0 spiro atoms. The van der Waals surface area contributed by atoms with Gasteiger partial charge >= 0.3 is 0 Å². The number of nitrogens with zero attached hydrogens (tertiary/aromatic N) is 1. The van der Waals surface area contributed by atoms with Crippen molar-refractivity contribution in [2.45, 2.75) is 6.92 Å². The summed E-state index contributed by atoms with van der Waals surface area (Å²) in [6.45, 7) is 2.40. The first-order chi connectivity index (χ1) is 9.11. The Morgan fingerprint density at radius 2 is 1.42 bits per heavy atom. The van der Waals surface area contributed by atoms with Gasteiger partial charge in [0, 0.05) is 17.8 Å². The van der Waals surface area contributed by atoms with E-state index in [1.165, 1.54) is 12.1 Å². The third-order valence-corrected chi connectivity index (χ3v) is 2.84. The molecule has 0 unspecified atom stereocenters. The van der Waals surface area contributed by atoms with Gasteiger partial charge in [-0.25, -0.2) is 0 Å². The van der Waals surface area contributed by atoms with Gasteiger partial charge < -0.3 is 15.1 Å². The van der Waals surface area contributed by atoms with Crippen LogP contribution in [0.3, 0.4) is 0 Å². The monoisotopic (exact) mass is 257 g/mol. The lowest BCUT2D eigenvalue weighted by atomic mass is 10.1. The van der Waals surface area contributed by atoms with Crippen LogP contribution in [0.25, 0.3) is 0 Å². The minimum atomic E-state index is -0.145. The zero-order chi connectivity index (χ0) is 13.8. The Morgan fingerprint density at radius 3 is 1.89 bits per heavy atom. The van der Waals surface area contributed by atoms with Crippen molar-refractivity contribution in [3.8, 4) is 11.5 Å². The van der Waals surface area contributed by atoms with E-state index in [2.05, 4.69) is 0 Å². The number of hydrogen-bond donors (Lipinski definition) is 2. The third-order valence-electron chi connectivity index (χ3n) is 2.84. The third kappa shape index (κ3) is 2.85. The highest BCUT2D eigenvalue weighted by Crippen LogP contribution is 2.21. The van der Waals surface area contributed by atoms with E-state index in [4.69, 9.17) is 0 Å². The number of anilines is 1. The molecule has 2 aromatic rings. The Labute approximate surface area is 111 Å². The number of rotatable bonds is 3. The van der Waals surface area contributed by atoms with Crippen LogP contribution >= 0.6 is 0 Å². The normalized spacial score (nSPS) is 10.2. The number of hydrogen-bond acceptors (Lipinski definition) is 3. The largest absolute Gasteiger partial charge is 0.508 e. The van der Waals surface area contributed by atoms with Crippen LogP contribution in [0.1, 0.15) is 17.3 Å². The molecule has 0 radical (unpaired) electrons. The highest BCUT2D eigenvalue weighted by molar-refractivity contribution is 6.06. The standard InChI is InChI=1S/C15H15NO3/c1-2-16(12-5-9-14(18)10-6-12)15(19)11-3-7-13(17)8-4-11/h3-10,17-18H,2H2,1H3. The summed E-state index contributed by atoms with van der Waals surface area (Å²) in [5.74, 6) is 0.148. The SMILES string of the molecule is CCN(C(=O)c1ccc(O)cc1)c1ccc(O)cc1. The molecule has 98 valence electrons. The minimum absolute atomic E-state index is 0.129. The maximum atomic E-state index is 12.4. The van der Waals surface area contributed by atoms with Crippen LogP contribution in [0.15, 0.2) is 48.5 Å². The summed E-state index contributed by atoms with van der Waals surface area (Å²) in [4.78, 5) is 14.0. The van der Waals surface area contributed by atoms with E-state index < -0.39 is 0 Å². The predicted molar refractivity (Wildman–Crippen MR) is 73.6 cm³/mol. The lowest BCUT2D eigenvalue weighted by molar-refractivity contribution is 0.0988. The van der Waals surface area contributed by atoms with E-state index in [1.807, 2.05) is 6.92 Å². The van der Waals surface area contributed by atoms with Gasteiger partial charge in [-0.2, -0.15) is 0 Å². The highest BCUT2D eigenvalue weighted by atomic mass is 16.3. The van der Waals surface area contributed by atoms with Crippen molar-refractivity contribution in [3.05, 3.63) is 54.1 Å². The molecule has 0 aliphatic heterocycles. The lowest BCUT2D eigenvalue weighted by Crippen LogP contribution is -2.30. The molecule has 4 nitrogen and oxygen atoms in total. The number of aromatic hydroxyl groups is 2.